The Hall–Kier alpha value is -1.72. The lowest BCUT2D eigenvalue weighted by molar-refractivity contribution is -0.387. The Kier molecular flexibility index (Phi) is 4.29. The summed E-state index contributed by atoms with van der Waals surface area (Å²) in [6, 6.07) is 13.1. The van der Waals surface area contributed by atoms with Crippen molar-refractivity contribution < 1.29 is 9.13 Å². The van der Waals surface area contributed by atoms with Crippen molar-refractivity contribution in [2.45, 2.75) is 10.6 Å². The van der Waals surface area contributed by atoms with Crippen LogP contribution in [0.25, 0.3) is 0 Å². The van der Waals surface area contributed by atoms with Gasteiger partial charge in [-0.25, -0.2) is 0 Å². The summed E-state index contributed by atoms with van der Waals surface area (Å²) in [7, 11) is -1.50. The van der Waals surface area contributed by atoms with E-state index in [0.717, 1.165) is 0 Å². The molecule has 2 aromatic rings. The number of nitrogens with zero attached hydrogens (tertiary/aromatic N) is 1. The number of nitro benzene ring substituents is 1. The molecule has 0 unspecified atom stereocenters. The minimum atomic E-state index is -1.50. The average Bonchev–Trinajstić information content (AvgIpc) is 2.41. The van der Waals surface area contributed by atoms with Gasteiger partial charge in [0.15, 0.2) is 0 Å². The van der Waals surface area contributed by atoms with Gasteiger partial charge >= 0.3 is 0 Å². The van der Waals surface area contributed by atoms with Crippen LogP contribution in [0.2, 0.25) is 5.02 Å². The minimum absolute atomic E-state index is 0.132. The van der Waals surface area contributed by atoms with E-state index in [9.17, 15) is 14.3 Å². The fourth-order valence-corrected chi connectivity index (χ4v) is 3.21. The molecule has 98 valence electrons. The van der Waals surface area contributed by atoms with Gasteiger partial charge in [0.2, 0.25) is 0 Å². The van der Waals surface area contributed by atoms with Crippen LogP contribution in [-0.4, -0.2) is 9.13 Å². The predicted molar refractivity (Wildman–Crippen MR) is 74.7 cm³/mol. The topological polar surface area (TPSA) is 60.2 Å². The Labute approximate surface area is 117 Å². The van der Waals surface area contributed by atoms with Crippen LogP contribution < -0.4 is 0 Å². The van der Waals surface area contributed by atoms with Crippen LogP contribution in [-0.2, 0) is 16.6 Å². The van der Waals surface area contributed by atoms with E-state index in [4.69, 9.17) is 11.6 Å². The van der Waals surface area contributed by atoms with Gasteiger partial charge in [0, 0.05) is 11.1 Å². The summed E-state index contributed by atoms with van der Waals surface area (Å²) >= 11 is 5.99. The van der Waals surface area contributed by atoms with Crippen LogP contribution in [0.15, 0.2) is 53.4 Å². The third-order valence-corrected chi connectivity index (χ3v) is 4.33. The molecule has 1 atom stereocenters. The van der Waals surface area contributed by atoms with Gasteiger partial charge in [0.05, 0.1) is 21.5 Å². The number of halogens is 1. The van der Waals surface area contributed by atoms with Gasteiger partial charge in [-0.05, 0) is 17.7 Å². The molecule has 0 saturated heterocycles. The second kappa shape index (κ2) is 5.95. The van der Waals surface area contributed by atoms with Crippen LogP contribution >= 0.6 is 11.6 Å². The second-order valence-electron chi connectivity index (χ2n) is 3.81. The molecule has 0 bridgehead atoms. The van der Waals surface area contributed by atoms with Crippen molar-refractivity contribution in [3.8, 4) is 0 Å². The first-order valence-corrected chi connectivity index (χ1v) is 7.14. The predicted octanol–water partition coefficient (Wildman–Crippen LogP) is 3.56. The second-order valence-corrected chi connectivity index (χ2v) is 5.63. The van der Waals surface area contributed by atoms with E-state index in [1.165, 1.54) is 12.1 Å². The molecule has 0 saturated carbocycles. The van der Waals surface area contributed by atoms with Crippen molar-refractivity contribution in [2.75, 3.05) is 0 Å². The lowest BCUT2D eigenvalue weighted by atomic mass is 10.2. The van der Waals surface area contributed by atoms with Crippen molar-refractivity contribution in [1.29, 1.82) is 0 Å². The summed E-state index contributed by atoms with van der Waals surface area (Å²) in [5, 5.41) is 11.4. The van der Waals surface area contributed by atoms with Gasteiger partial charge in [-0.1, -0.05) is 41.9 Å². The molecule has 0 aliphatic carbocycles. The molecule has 19 heavy (non-hydrogen) atoms. The Morgan fingerprint density at radius 2 is 1.74 bits per heavy atom. The van der Waals surface area contributed by atoms with Crippen LogP contribution in [0.5, 0.6) is 0 Å². The largest absolute Gasteiger partial charge is 0.285 e. The van der Waals surface area contributed by atoms with Crippen molar-refractivity contribution >= 4 is 28.1 Å². The highest BCUT2D eigenvalue weighted by Crippen LogP contribution is 2.25. The third-order valence-electron chi connectivity index (χ3n) is 2.55. The van der Waals surface area contributed by atoms with E-state index in [0.29, 0.717) is 10.6 Å². The number of nitro groups is 1. The maximum Gasteiger partial charge on any atom is 0.285 e. The highest BCUT2D eigenvalue weighted by molar-refractivity contribution is 7.84. The SMILES string of the molecule is O=[N+]([O-])c1ccccc1[S@](=O)Cc1ccccc1Cl. The summed E-state index contributed by atoms with van der Waals surface area (Å²) in [5.74, 6) is 0.157. The molecule has 0 aliphatic heterocycles. The fraction of sp³-hybridized carbons (Fsp3) is 0.0769. The molecule has 0 N–H and O–H groups in total. The van der Waals surface area contributed by atoms with Crippen LogP contribution in [0.4, 0.5) is 5.69 Å². The summed E-state index contributed by atoms with van der Waals surface area (Å²) < 4.78 is 12.2. The lowest BCUT2D eigenvalue weighted by Crippen LogP contribution is -2.01. The van der Waals surface area contributed by atoms with Crippen LogP contribution in [0.1, 0.15) is 5.56 Å². The number of benzene rings is 2. The van der Waals surface area contributed by atoms with Crippen molar-refractivity contribution in [3.63, 3.8) is 0 Å². The molecule has 0 fully saturated rings. The first-order chi connectivity index (χ1) is 9.09. The van der Waals surface area contributed by atoms with Crippen molar-refractivity contribution in [1.82, 2.24) is 0 Å². The normalized spacial score (nSPS) is 12.1. The van der Waals surface area contributed by atoms with Gasteiger partial charge < -0.3 is 0 Å². The van der Waals surface area contributed by atoms with Gasteiger partial charge in [-0.3, -0.25) is 14.3 Å². The molecule has 0 radical (unpaired) electrons. The number of hydrogen-bond donors (Lipinski definition) is 0. The Morgan fingerprint density at radius 1 is 1.11 bits per heavy atom. The van der Waals surface area contributed by atoms with Gasteiger partial charge in [0.25, 0.3) is 5.69 Å². The van der Waals surface area contributed by atoms with Crippen molar-refractivity contribution in [3.05, 3.63) is 69.2 Å². The smallest absolute Gasteiger partial charge is 0.258 e. The third kappa shape index (κ3) is 3.19. The number of para-hydroxylation sites is 1. The van der Waals surface area contributed by atoms with Crippen LogP contribution in [0, 0.1) is 10.1 Å². The molecule has 2 rings (SSSR count). The molecule has 6 heteroatoms. The standard InChI is InChI=1S/C13H10ClNO3S/c14-11-6-2-1-5-10(11)9-19(18)13-8-4-3-7-12(13)15(16)17/h1-8H,9H2/t19-/m1/s1. The highest BCUT2D eigenvalue weighted by Gasteiger charge is 2.18. The average molecular weight is 296 g/mol. The quantitative estimate of drug-likeness (QED) is 0.640. The summed E-state index contributed by atoms with van der Waals surface area (Å²) in [6.45, 7) is 0. The monoisotopic (exact) mass is 295 g/mol. The van der Waals surface area contributed by atoms with E-state index in [1.807, 2.05) is 0 Å². The zero-order chi connectivity index (χ0) is 13.8. The van der Waals surface area contributed by atoms with E-state index in [2.05, 4.69) is 0 Å². The molecule has 0 aliphatic rings. The summed E-state index contributed by atoms with van der Waals surface area (Å²) in [6.07, 6.45) is 0. The molecular formula is C13H10ClNO3S. The van der Waals surface area contributed by atoms with Crippen LogP contribution in [0.3, 0.4) is 0 Å². The Balaban J connectivity index is 2.31. The molecule has 4 nitrogen and oxygen atoms in total. The highest BCUT2D eigenvalue weighted by atomic mass is 35.5. The molecule has 0 heterocycles. The molecule has 0 aromatic heterocycles. The molecular weight excluding hydrogens is 286 g/mol. The van der Waals surface area contributed by atoms with Crippen molar-refractivity contribution in [2.24, 2.45) is 0 Å². The fourth-order valence-electron chi connectivity index (χ4n) is 1.63. The number of hydrogen-bond acceptors (Lipinski definition) is 3. The van der Waals surface area contributed by atoms with Gasteiger partial charge in [-0.15, -0.1) is 0 Å². The van der Waals surface area contributed by atoms with Gasteiger partial charge in [0.1, 0.15) is 4.90 Å². The van der Waals surface area contributed by atoms with E-state index in [-0.39, 0.29) is 16.3 Å². The summed E-state index contributed by atoms with van der Waals surface area (Å²) in [4.78, 5) is 10.6. The molecule has 2 aromatic carbocycles. The lowest BCUT2D eigenvalue weighted by Gasteiger charge is -2.05. The zero-order valence-electron chi connectivity index (χ0n) is 9.78. The molecule has 0 amide bonds. The first-order valence-electron chi connectivity index (χ1n) is 5.45. The zero-order valence-corrected chi connectivity index (χ0v) is 11.4. The van der Waals surface area contributed by atoms with Gasteiger partial charge in [-0.2, -0.15) is 0 Å². The van der Waals surface area contributed by atoms with E-state index in [1.54, 1.807) is 36.4 Å². The maximum absolute atomic E-state index is 12.2. The summed E-state index contributed by atoms with van der Waals surface area (Å²) in [5.41, 5.74) is 0.577. The van der Waals surface area contributed by atoms with E-state index < -0.39 is 15.7 Å². The number of rotatable bonds is 4. The molecule has 0 spiro atoms. The Morgan fingerprint density at radius 3 is 2.42 bits per heavy atom. The maximum atomic E-state index is 12.2. The first kappa shape index (κ1) is 13.7. The minimum Gasteiger partial charge on any atom is -0.258 e. The van der Waals surface area contributed by atoms with E-state index >= 15 is 0 Å². The Bertz CT molecular complexity index is 645.